The molecule has 0 radical (unpaired) electrons. The fourth-order valence-corrected chi connectivity index (χ4v) is 2.58. The second-order valence-corrected chi connectivity index (χ2v) is 5.21. The summed E-state index contributed by atoms with van der Waals surface area (Å²) in [5.41, 5.74) is 0.887. The minimum atomic E-state index is -0.0185. The molecule has 0 spiro atoms. The summed E-state index contributed by atoms with van der Waals surface area (Å²) < 4.78 is 0. The highest BCUT2D eigenvalue weighted by Gasteiger charge is 2.17. The summed E-state index contributed by atoms with van der Waals surface area (Å²) in [6.07, 6.45) is 7.85. The van der Waals surface area contributed by atoms with Crippen LogP contribution in [0.1, 0.15) is 48.2 Å². The van der Waals surface area contributed by atoms with Crippen molar-refractivity contribution in [2.24, 2.45) is 5.92 Å². The van der Waals surface area contributed by atoms with Crippen molar-refractivity contribution < 1.29 is 4.79 Å². The monoisotopic (exact) mass is 257 g/mol. The van der Waals surface area contributed by atoms with Crippen LogP contribution >= 0.6 is 0 Å². The molecule has 0 aliphatic heterocycles. The Morgan fingerprint density at radius 1 is 1.47 bits per heavy atom. The molecule has 0 bridgehead atoms. The largest absolute Gasteiger partial charge is 0.342 e. The number of aromatic nitrogens is 1. The minimum Gasteiger partial charge on any atom is -0.342 e. The Morgan fingerprint density at radius 2 is 2.21 bits per heavy atom. The van der Waals surface area contributed by atoms with Crippen LogP contribution in [-0.4, -0.2) is 29.4 Å². The standard InChI is InChI=1S/C15H19N3O/c1-18(9-8-12-4-2-3-5-12)15(19)13-6-7-14(10-16)17-11-13/h6-7,11-12H,2-5,8-9H2,1H3. The summed E-state index contributed by atoms with van der Waals surface area (Å²) in [6, 6.07) is 5.20. The molecule has 1 aromatic heterocycles. The summed E-state index contributed by atoms with van der Waals surface area (Å²) in [7, 11) is 1.83. The van der Waals surface area contributed by atoms with Gasteiger partial charge in [0.25, 0.3) is 5.91 Å². The zero-order valence-corrected chi connectivity index (χ0v) is 11.3. The maximum Gasteiger partial charge on any atom is 0.255 e. The lowest BCUT2D eigenvalue weighted by Gasteiger charge is -2.19. The molecule has 1 saturated carbocycles. The maximum absolute atomic E-state index is 12.2. The SMILES string of the molecule is CN(CCC1CCCC1)C(=O)c1ccc(C#N)nc1. The van der Waals surface area contributed by atoms with Gasteiger partial charge < -0.3 is 4.90 Å². The number of hydrogen-bond donors (Lipinski definition) is 0. The molecule has 0 N–H and O–H groups in total. The van der Waals surface area contributed by atoms with Crippen LogP contribution in [0.3, 0.4) is 0 Å². The van der Waals surface area contributed by atoms with Gasteiger partial charge in [-0.25, -0.2) is 4.98 Å². The van der Waals surface area contributed by atoms with Gasteiger partial charge in [0, 0.05) is 19.8 Å². The quantitative estimate of drug-likeness (QED) is 0.833. The molecule has 0 saturated heterocycles. The first-order valence-electron chi connectivity index (χ1n) is 6.82. The van der Waals surface area contributed by atoms with Crippen LogP contribution in [0, 0.1) is 17.2 Å². The smallest absolute Gasteiger partial charge is 0.255 e. The molecule has 1 heterocycles. The predicted octanol–water partition coefficient (Wildman–Crippen LogP) is 2.61. The van der Waals surface area contributed by atoms with E-state index in [0.29, 0.717) is 11.3 Å². The van der Waals surface area contributed by atoms with Crippen molar-refractivity contribution in [3.63, 3.8) is 0 Å². The predicted molar refractivity (Wildman–Crippen MR) is 72.5 cm³/mol. The van der Waals surface area contributed by atoms with Gasteiger partial charge in [-0.3, -0.25) is 4.79 Å². The van der Waals surface area contributed by atoms with Gasteiger partial charge in [0.1, 0.15) is 11.8 Å². The summed E-state index contributed by atoms with van der Waals surface area (Å²) in [6.45, 7) is 0.795. The fraction of sp³-hybridized carbons (Fsp3) is 0.533. The Bertz CT molecular complexity index is 469. The van der Waals surface area contributed by atoms with Crippen molar-refractivity contribution in [3.05, 3.63) is 29.6 Å². The Morgan fingerprint density at radius 3 is 2.79 bits per heavy atom. The van der Waals surface area contributed by atoms with Gasteiger partial charge in [-0.05, 0) is 24.5 Å². The molecule has 100 valence electrons. The molecule has 0 aromatic carbocycles. The van der Waals surface area contributed by atoms with Crippen LogP contribution in [-0.2, 0) is 0 Å². The first-order valence-corrected chi connectivity index (χ1v) is 6.82. The van der Waals surface area contributed by atoms with E-state index in [1.165, 1.54) is 31.9 Å². The highest BCUT2D eigenvalue weighted by Crippen LogP contribution is 2.27. The lowest BCUT2D eigenvalue weighted by molar-refractivity contribution is 0.0787. The van der Waals surface area contributed by atoms with E-state index in [0.717, 1.165) is 18.9 Å². The number of carbonyl (C=O) groups excluding carboxylic acids is 1. The first-order chi connectivity index (χ1) is 9.20. The van der Waals surface area contributed by atoms with Gasteiger partial charge in [-0.1, -0.05) is 25.7 Å². The molecule has 1 amide bonds. The number of nitriles is 1. The third-order valence-corrected chi connectivity index (χ3v) is 3.82. The van der Waals surface area contributed by atoms with E-state index in [1.54, 1.807) is 17.0 Å². The van der Waals surface area contributed by atoms with E-state index in [4.69, 9.17) is 5.26 Å². The minimum absolute atomic E-state index is 0.0185. The number of amides is 1. The molecule has 19 heavy (non-hydrogen) atoms. The molecule has 1 fully saturated rings. The number of nitrogens with zero attached hydrogens (tertiary/aromatic N) is 3. The summed E-state index contributed by atoms with van der Waals surface area (Å²) in [5.74, 6) is 0.768. The van der Waals surface area contributed by atoms with E-state index in [1.807, 2.05) is 13.1 Å². The number of pyridine rings is 1. The van der Waals surface area contributed by atoms with Crippen molar-refractivity contribution in [2.45, 2.75) is 32.1 Å². The molecule has 4 heteroatoms. The van der Waals surface area contributed by atoms with Crippen LogP contribution < -0.4 is 0 Å². The molecule has 4 nitrogen and oxygen atoms in total. The van der Waals surface area contributed by atoms with Gasteiger partial charge in [-0.15, -0.1) is 0 Å². The van der Waals surface area contributed by atoms with Gasteiger partial charge >= 0.3 is 0 Å². The molecule has 1 aliphatic carbocycles. The summed E-state index contributed by atoms with van der Waals surface area (Å²) in [5, 5.41) is 8.67. The Kier molecular flexibility index (Phi) is 4.51. The summed E-state index contributed by atoms with van der Waals surface area (Å²) >= 11 is 0. The van der Waals surface area contributed by atoms with Gasteiger partial charge in [0.2, 0.25) is 0 Å². The first kappa shape index (κ1) is 13.5. The Balaban J connectivity index is 1.88. The third kappa shape index (κ3) is 3.54. The molecule has 0 unspecified atom stereocenters. The average Bonchev–Trinajstić information content (AvgIpc) is 2.97. The Labute approximate surface area is 114 Å². The fourth-order valence-electron chi connectivity index (χ4n) is 2.58. The lowest BCUT2D eigenvalue weighted by Crippen LogP contribution is -2.28. The van der Waals surface area contributed by atoms with Crippen LogP contribution in [0.15, 0.2) is 18.3 Å². The van der Waals surface area contributed by atoms with Crippen LogP contribution in [0.2, 0.25) is 0 Å². The topological polar surface area (TPSA) is 57.0 Å². The van der Waals surface area contributed by atoms with E-state index in [2.05, 4.69) is 4.98 Å². The molecular formula is C15H19N3O. The van der Waals surface area contributed by atoms with E-state index < -0.39 is 0 Å². The van der Waals surface area contributed by atoms with E-state index >= 15 is 0 Å². The zero-order valence-electron chi connectivity index (χ0n) is 11.3. The van der Waals surface area contributed by atoms with E-state index in [-0.39, 0.29) is 5.91 Å². The number of hydrogen-bond acceptors (Lipinski definition) is 3. The maximum atomic E-state index is 12.2. The molecule has 1 aromatic rings. The highest BCUT2D eigenvalue weighted by atomic mass is 16.2. The van der Waals surface area contributed by atoms with Crippen molar-refractivity contribution in [2.75, 3.05) is 13.6 Å². The summed E-state index contributed by atoms with van der Waals surface area (Å²) in [4.78, 5) is 17.8. The van der Waals surface area contributed by atoms with E-state index in [9.17, 15) is 4.79 Å². The van der Waals surface area contributed by atoms with Gasteiger partial charge in [-0.2, -0.15) is 5.26 Å². The van der Waals surface area contributed by atoms with Crippen molar-refractivity contribution in [3.8, 4) is 6.07 Å². The lowest BCUT2D eigenvalue weighted by atomic mass is 10.0. The molecular weight excluding hydrogens is 238 g/mol. The van der Waals surface area contributed by atoms with Crippen LogP contribution in [0.5, 0.6) is 0 Å². The second kappa shape index (κ2) is 6.33. The van der Waals surface area contributed by atoms with Crippen LogP contribution in [0.25, 0.3) is 0 Å². The third-order valence-electron chi connectivity index (χ3n) is 3.82. The number of carbonyl (C=O) groups is 1. The Hall–Kier alpha value is -1.89. The van der Waals surface area contributed by atoms with Crippen molar-refractivity contribution >= 4 is 5.91 Å². The zero-order chi connectivity index (χ0) is 13.7. The normalized spacial score (nSPS) is 15.2. The van der Waals surface area contributed by atoms with Gasteiger partial charge in [0.05, 0.1) is 5.56 Å². The molecule has 2 rings (SSSR count). The average molecular weight is 257 g/mol. The molecule has 0 atom stereocenters. The van der Waals surface area contributed by atoms with Gasteiger partial charge in [0.15, 0.2) is 0 Å². The molecule has 1 aliphatic rings. The van der Waals surface area contributed by atoms with Crippen molar-refractivity contribution in [1.29, 1.82) is 5.26 Å². The highest BCUT2D eigenvalue weighted by molar-refractivity contribution is 5.93. The second-order valence-electron chi connectivity index (χ2n) is 5.21. The number of rotatable bonds is 4. The van der Waals surface area contributed by atoms with Crippen molar-refractivity contribution in [1.82, 2.24) is 9.88 Å². The van der Waals surface area contributed by atoms with Crippen LogP contribution in [0.4, 0.5) is 0 Å².